The van der Waals surface area contributed by atoms with E-state index in [1.807, 2.05) is 6.07 Å². The number of nitrogens with one attached hydrogen (secondary N) is 1. The molecule has 1 aromatic rings. The van der Waals surface area contributed by atoms with Gasteiger partial charge in [-0.25, -0.2) is 4.98 Å². The maximum atomic E-state index is 12.2. The average Bonchev–Trinajstić information content (AvgIpc) is 2.72. The summed E-state index contributed by atoms with van der Waals surface area (Å²) in [6.07, 6.45) is 6.38. The normalized spacial score (nSPS) is 19.6. The number of hydrogen-bond acceptors (Lipinski definition) is 4. The first kappa shape index (κ1) is 17.4. The van der Waals surface area contributed by atoms with E-state index in [0.29, 0.717) is 18.3 Å². The first-order chi connectivity index (χ1) is 10.7. The first-order valence-electron chi connectivity index (χ1n) is 7.80. The van der Waals surface area contributed by atoms with Crippen molar-refractivity contribution in [3.05, 3.63) is 22.8 Å². The number of methoxy groups -OCH3 is 1. The molecule has 0 aromatic carbocycles. The summed E-state index contributed by atoms with van der Waals surface area (Å²) >= 11 is 3.33. The lowest BCUT2D eigenvalue weighted by atomic mass is 10.0. The van der Waals surface area contributed by atoms with E-state index in [-0.39, 0.29) is 5.91 Å². The minimum absolute atomic E-state index is 0.00205. The molecule has 1 fully saturated rings. The molecule has 0 saturated carbocycles. The molecule has 1 amide bonds. The highest BCUT2D eigenvalue weighted by atomic mass is 79.9. The molecule has 1 unspecified atom stereocenters. The van der Waals surface area contributed by atoms with E-state index in [4.69, 9.17) is 4.74 Å². The van der Waals surface area contributed by atoms with Gasteiger partial charge in [0.05, 0.1) is 6.54 Å². The summed E-state index contributed by atoms with van der Waals surface area (Å²) in [5, 5.41) is 2.86. The largest absolute Gasteiger partial charge is 0.385 e. The lowest BCUT2D eigenvalue weighted by molar-refractivity contribution is -0.117. The van der Waals surface area contributed by atoms with Gasteiger partial charge in [-0.05, 0) is 59.8 Å². The monoisotopic (exact) mass is 369 g/mol. The molecule has 6 heteroatoms. The quantitative estimate of drug-likeness (QED) is 0.837. The molecule has 0 aliphatic carbocycles. The third-order valence-electron chi connectivity index (χ3n) is 3.95. The Bertz CT molecular complexity index is 467. The van der Waals surface area contributed by atoms with E-state index >= 15 is 0 Å². The van der Waals surface area contributed by atoms with E-state index < -0.39 is 0 Å². The molecular weight excluding hydrogens is 346 g/mol. The number of amides is 1. The molecule has 2 heterocycles. The van der Waals surface area contributed by atoms with Crippen molar-refractivity contribution in [2.75, 3.05) is 38.7 Å². The number of halogens is 1. The van der Waals surface area contributed by atoms with Gasteiger partial charge in [-0.1, -0.05) is 6.42 Å². The molecule has 1 saturated heterocycles. The van der Waals surface area contributed by atoms with Crippen molar-refractivity contribution in [1.82, 2.24) is 9.88 Å². The van der Waals surface area contributed by atoms with E-state index in [9.17, 15) is 4.79 Å². The minimum Gasteiger partial charge on any atom is -0.385 e. The van der Waals surface area contributed by atoms with Crippen LogP contribution in [0.1, 0.15) is 25.7 Å². The van der Waals surface area contributed by atoms with Gasteiger partial charge >= 0.3 is 0 Å². The van der Waals surface area contributed by atoms with Gasteiger partial charge in [0.15, 0.2) is 0 Å². The van der Waals surface area contributed by atoms with Gasteiger partial charge in [-0.3, -0.25) is 9.69 Å². The van der Waals surface area contributed by atoms with Crippen molar-refractivity contribution in [3.8, 4) is 0 Å². The van der Waals surface area contributed by atoms with Crippen LogP contribution in [0.15, 0.2) is 22.8 Å². The number of pyridine rings is 1. The van der Waals surface area contributed by atoms with Crippen LogP contribution in [0, 0.1) is 5.92 Å². The van der Waals surface area contributed by atoms with E-state index in [2.05, 4.69) is 31.1 Å². The van der Waals surface area contributed by atoms with Crippen LogP contribution in [0.5, 0.6) is 0 Å². The fourth-order valence-electron chi connectivity index (χ4n) is 2.82. The third kappa shape index (κ3) is 6.02. The third-order valence-corrected chi connectivity index (χ3v) is 4.41. The summed E-state index contributed by atoms with van der Waals surface area (Å²) in [4.78, 5) is 18.6. The van der Waals surface area contributed by atoms with Crippen molar-refractivity contribution < 1.29 is 9.53 Å². The Morgan fingerprint density at radius 2 is 2.36 bits per heavy atom. The molecule has 122 valence electrons. The Labute approximate surface area is 140 Å². The second-order valence-electron chi connectivity index (χ2n) is 5.79. The smallest absolute Gasteiger partial charge is 0.239 e. The topological polar surface area (TPSA) is 54.5 Å². The molecule has 22 heavy (non-hydrogen) atoms. The van der Waals surface area contributed by atoms with Gasteiger partial charge in [0.25, 0.3) is 0 Å². The highest BCUT2D eigenvalue weighted by Gasteiger charge is 2.20. The Morgan fingerprint density at radius 1 is 1.50 bits per heavy atom. The first-order valence-corrected chi connectivity index (χ1v) is 8.59. The molecule has 0 spiro atoms. The summed E-state index contributed by atoms with van der Waals surface area (Å²) in [7, 11) is 1.74. The molecule has 0 radical (unpaired) electrons. The highest BCUT2D eigenvalue weighted by molar-refractivity contribution is 9.10. The van der Waals surface area contributed by atoms with Gasteiger partial charge in [0, 0.05) is 30.9 Å². The molecule has 1 atom stereocenters. The maximum absolute atomic E-state index is 12.2. The zero-order valence-electron chi connectivity index (χ0n) is 13.1. The molecule has 0 bridgehead atoms. The number of aromatic nitrogens is 1. The summed E-state index contributed by atoms with van der Waals surface area (Å²) < 4.78 is 6.08. The Kier molecular flexibility index (Phi) is 7.29. The molecule has 1 N–H and O–H groups in total. The SMILES string of the molecule is COCCC1CCCCN(CC(=O)Nc2ccc(Br)cn2)C1. The zero-order chi connectivity index (χ0) is 15.8. The number of carbonyl (C=O) groups is 1. The molecule has 5 nitrogen and oxygen atoms in total. The van der Waals surface area contributed by atoms with Gasteiger partial charge in [-0.2, -0.15) is 0 Å². The van der Waals surface area contributed by atoms with Gasteiger partial charge in [-0.15, -0.1) is 0 Å². The van der Waals surface area contributed by atoms with Crippen LogP contribution < -0.4 is 5.32 Å². The molecule has 1 aromatic heterocycles. The predicted molar refractivity (Wildman–Crippen MR) is 90.8 cm³/mol. The summed E-state index contributed by atoms with van der Waals surface area (Å²) in [5.41, 5.74) is 0. The van der Waals surface area contributed by atoms with Crippen LogP contribution in [0.25, 0.3) is 0 Å². The molecular formula is C16H24BrN3O2. The Morgan fingerprint density at radius 3 is 3.09 bits per heavy atom. The summed E-state index contributed by atoms with van der Waals surface area (Å²) in [6, 6.07) is 3.67. The lowest BCUT2D eigenvalue weighted by Crippen LogP contribution is -2.36. The number of carbonyl (C=O) groups excluding carboxylic acids is 1. The number of ether oxygens (including phenoxy) is 1. The van der Waals surface area contributed by atoms with Crippen LogP contribution in [0.3, 0.4) is 0 Å². The number of likely N-dealkylation sites (tertiary alicyclic amines) is 1. The van der Waals surface area contributed by atoms with Gasteiger partial charge in [0.2, 0.25) is 5.91 Å². The van der Waals surface area contributed by atoms with E-state index in [1.165, 1.54) is 12.8 Å². The van der Waals surface area contributed by atoms with Crippen LogP contribution in [-0.4, -0.2) is 49.1 Å². The Balaban J connectivity index is 1.82. The molecule has 1 aliphatic heterocycles. The fraction of sp³-hybridized carbons (Fsp3) is 0.625. The second-order valence-corrected chi connectivity index (χ2v) is 6.70. The predicted octanol–water partition coefficient (Wildman–Crippen LogP) is 2.92. The average molecular weight is 370 g/mol. The van der Waals surface area contributed by atoms with Crippen LogP contribution in [0.4, 0.5) is 5.82 Å². The van der Waals surface area contributed by atoms with E-state index in [1.54, 1.807) is 19.4 Å². The highest BCUT2D eigenvalue weighted by Crippen LogP contribution is 2.19. The zero-order valence-corrected chi connectivity index (χ0v) is 14.6. The van der Waals surface area contributed by atoms with Gasteiger partial charge < -0.3 is 10.1 Å². The van der Waals surface area contributed by atoms with Crippen molar-refractivity contribution >= 4 is 27.7 Å². The number of hydrogen-bond donors (Lipinski definition) is 1. The summed E-state index contributed by atoms with van der Waals surface area (Å²) in [6.45, 7) is 3.20. The van der Waals surface area contributed by atoms with Crippen molar-refractivity contribution in [3.63, 3.8) is 0 Å². The van der Waals surface area contributed by atoms with Crippen LogP contribution in [0.2, 0.25) is 0 Å². The Hall–Kier alpha value is -0.980. The van der Waals surface area contributed by atoms with E-state index in [0.717, 1.165) is 37.0 Å². The lowest BCUT2D eigenvalue weighted by Gasteiger charge is -2.23. The number of rotatable bonds is 6. The van der Waals surface area contributed by atoms with Crippen molar-refractivity contribution in [2.45, 2.75) is 25.7 Å². The van der Waals surface area contributed by atoms with Crippen molar-refractivity contribution in [1.29, 1.82) is 0 Å². The fourth-order valence-corrected chi connectivity index (χ4v) is 3.05. The second kappa shape index (κ2) is 9.22. The number of anilines is 1. The maximum Gasteiger partial charge on any atom is 0.239 e. The standard InChI is InChI=1S/C16H24BrN3O2/c1-22-9-7-13-4-2-3-8-20(11-13)12-16(21)19-15-6-5-14(17)10-18-15/h5-6,10,13H,2-4,7-9,11-12H2,1H3,(H,18,19,21). The van der Waals surface area contributed by atoms with Crippen LogP contribution in [-0.2, 0) is 9.53 Å². The minimum atomic E-state index is 0.00205. The molecule has 2 rings (SSSR count). The van der Waals surface area contributed by atoms with Crippen LogP contribution >= 0.6 is 15.9 Å². The molecule has 1 aliphatic rings. The number of nitrogens with zero attached hydrogens (tertiary/aromatic N) is 2. The summed E-state index contributed by atoms with van der Waals surface area (Å²) in [5.74, 6) is 1.22. The van der Waals surface area contributed by atoms with Crippen molar-refractivity contribution in [2.24, 2.45) is 5.92 Å². The van der Waals surface area contributed by atoms with Gasteiger partial charge in [0.1, 0.15) is 5.82 Å².